The zero-order valence-electron chi connectivity index (χ0n) is 13.9. The highest BCUT2D eigenvalue weighted by molar-refractivity contribution is 6.35. The van der Waals surface area contributed by atoms with Gasteiger partial charge >= 0.3 is 0 Å². The molecule has 126 valence electrons. The Morgan fingerprint density at radius 2 is 1.92 bits per heavy atom. The van der Waals surface area contributed by atoms with E-state index in [1.807, 2.05) is 54.0 Å². The topological polar surface area (TPSA) is 63.3 Å². The zero-order valence-corrected chi connectivity index (χ0v) is 14.7. The van der Waals surface area contributed by atoms with E-state index in [0.717, 1.165) is 39.7 Å². The van der Waals surface area contributed by atoms with Gasteiger partial charge in [0.05, 0.1) is 17.5 Å². The van der Waals surface area contributed by atoms with E-state index in [1.54, 1.807) is 6.92 Å². The molecule has 0 fully saturated rings. The number of hydrogen-bond acceptors (Lipinski definition) is 4. The maximum absolute atomic E-state index is 10.0. The highest BCUT2D eigenvalue weighted by Crippen LogP contribution is 2.30. The maximum Gasteiger partial charge on any atom is 0.159 e. The highest BCUT2D eigenvalue weighted by Gasteiger charge is 2.23. The number of halogens is 1. The fourth-order valence-electron chi connectivity index (χ4n) is 3.14. The molecule has 2 aromatic carbocycles. The molecule has 5 nitrogen and oxygen atoms in total. The van der Waals surface area contributed by atoms with Gasteiger partial charge < -0.3 is 5.11 Å². The summed E-state index contributed by atoms with van der Waals surface area (Å²) >= 11 is 6.43. The largest absolute Gasteiger partial charge is 0.389 e. The first-order chi connectivity index (χ1) is 12.1. The lowest BCUT2D eigenvalue weighted by Crippen LogP contribution is -2.10. The van der Waals surface area contributed by atoms with Gasteiger partial charge in [0.25, 0.3) is 0 Å². The van der Waals surface area contributed by atoms with Crippen LogP contribution in [0.1, 0.15) is 41.4 Å². The predicted octanol–water partition coefficient (Wildman–Crippen LogP) is 3.63. The lowest BCUT2D eigenvalue weighted by molar-refractivity contribution is 0.199. The van der Waals surface area contributed by atoms with Crippen LogP contribution in [0, 0.1) is 6.92 Å². The predicted molar refractivity (Wildman–Crippen MR) is 97.5 cm³/mol. The van der Waals surface area contributed by atoms with Gasteiger partial charge in [-0.1, -0.05) is 35.9 Å². The summed E-state index contributed by atoms with van der Waals surface area (Å²) in [6.45, 7) is 4.09. The molecule has 4 rings (SSSR count). The third-order valence-corrected chi connectivity index (χ3v) is 4.73. The molecule has 0 bridgehead atoms. The van der Waals surface area contributed by atoms with Crippen LogP contribution in [0.3, 0.4) is 0 Å². The van der Waals surface area contributed by atoms with Crippen LogP contribution in [0.2, 0.25) is 5.02 Å². The Bertz CT molecular complexity index is 991. The second-order valence-corrected chi connectivity index (χ2v) is 6.50. The van der Waals surface area contributed by atoms with Crippen molar-refractivity contribution in [1.29, 1.82) is 0 Å². The van der Waals surface area contributed by atoms with Crippen LogP contribution < -0.4 is 0 Å². The van der Waals surface area contributed by atoms with Crippen molar-refractivity contribution in [3.8, 4) is 5.69 Å². The zero-order chi connectivity index (χ0) is 17.6. The number of benzene rings is 2. The molecule has 6 heteroatoms. The molecule has 1 atom stereocenters. The molecular formula is C19H17ClN4O. The molecule has 0 saturated carbocycles. The Morgan fingerprint density at radius 1 is 1.12 bits per heavy atom. The van der Waals surface area contributed by atoms with Crippen molar-refractivity contribution in [1.82, 2.24) is 14.8 Å². The van der Waals surface area contributed by atoms with E-state index in [4.69, 9.17) is 16.6 Å². The fourth-order valence-corrected chi connectivity index (χ4v) is 3.36. The van der Waals surface area contributed by atoms with Crippen LogP contribution in [-0.2, 0) is 6.54 Å². The molecule has 0 aliphatic carbocycles. The summed E-state index contributed by atoms with van der Waals surface area (Å²) < 4.78 is 2.01. The second kappa shape index (κ2) is 6.10. The van der Waals surface area contributed by atoms with E-state index in [2.05, 4.69) is 10.2 Å². The van der Waals surface area contributed by atoms with Crippen LogP contribution in [0.5, 0.6) is 0 Å². The second-order valence-electron chi connectivity index (χ2n) is 6.10. The van der Waals surface area contributed by atoms with Crippen LogP contribution >= 0.6 is 11.6 Å². The lowest BCUT2D eigenvalue weighted by atomic mass is 9.97. The number of aliphatic imine (C=N–C) groups is 1. The Kier molecular flexibility index (Phi) is 3.90. The number of aromatic nitrogens is 3. The highest BCUT2D eigenvalue weighted by atomic mass is 35.5. The van der Waals surface area contributed by atoms with Crippen LogP contribution in [0.25, 0.3) is 5.69 Å². The van der Waals surface area contributed by atoms with E-state index in [9.17, 15) is 5.11 Å². The SMILES string of the molecule is Cc1nnc2n1-c1ccc(C(C)O)cc1C(c1ccccc1Cl)=NC2. The van der Waals surface area contributed by atoms with Crippen molar-refractivity contribution in [2.24, 2.45) is 4.99 Å². The van der Waals surface area contributed by atoms with Gasteiger partial charge in [0.2, 0.25) is 0 Å². The number of fused-ring (bicyclic) bond motifs is 3. The molecule has 0 radical (unpaired) electrons. The molecule has 2 heterocycles. The van der Waals surface area contributed by atoms with Gasteiger partial charge in [-0.2, -0.15) is 0 Å². The number of nitrogens with zero attached hydrogens (tertiary/aromatic N) is 4. The quantitative estimate of drug-likeness (QED) is 0.766. The molecule has 3 aromatic rings. The first kappa shape index (κ1) is 16.0. The number of aliphatic hydroxyl groups is 1. The molecule has 0 spiro atoms. The van der Waals surface area contributed by atoms with Gasteiger partial charge in [-0.05, 0) is 37.6 Å². The van der Waals surface area contributed by atoms with Crippen LogP contribution in [0.15, 0.2) is 47.5 Å². The Balaban J connectivity index is 2.02. The van der Waals surface area contributed by atoms with E-state index in [-0.39, 0.29) is 0 Å². The van der Waals surface area contributed by atoms with Gasteiger partial charge in [0.15, 0.2) is 5.82 Å². The van der Waals surface area contributed by atoms with E-state index >= 15 is 0 Å². The van der Waals surface area contributed by atoms with Gasteiger partial charge in [-0.25, -0.2) is 0 Å². The maximum atomic E-state index is 10.0. The average Bonchev–Trinajstić information content (AvgIpc) is 2.88. The van der Waals surface area contributed by atoms with Gasteiger partial charge in [0, 0.05) is 16.1 Å². The molecule has 1 unspecified atom stereocenters. The summed E-state index contributed by atoms with van der Waals surface area (Å²) in [6.07, 6.45) is -0.567. The van der Waals surface area contributed by atoms with Crippen molar-refractivity contribution in [2.75, 3.05) is 0 Å². The van der Waals surface area contributed by atoms with Gasteiger partial charge in [-0.15, -0.1) is 10.2 Å². The molecular weight excluding hydrogens is 336 g/mol. The Hall–Kier alpha value is -2.50. The summed E-state index contributed by atoms with van der Waals surface area (Å²) in [6, 6.07) is 13.5. The van der Waals surface area contributed by atoms with Gasteiger partial charge in [-0.3, -0.25) is 9.56 Å². The summed E-state index contributed by atoms with van der Waals surface area (Å²) in [7, 11) is 0. The average molecular weight is 353 g/mol. The van der Waals surface area contributed by atoms with Crippen molar-refractivity contribution < 1.29 is 5.11 Å². The van der Waals surface area contributed by atoms with Crippen LogP contribution in [-0.4, -0.2) is 25.6 Å². The van der Waals surface area contributed by atoms with Gasteiger partial charge in [0.1, 0.15) is 12.4 Å². The molecule has 25 heavy (non-hydrogen) atoms. The number of aliphatic hydroxyl groups excluding tert-OH is 1. The Labute approximate surface area is 150 Å². The Morgan fingerprint density at radius 3 is 2.68 bits per heavy atom. The molecule has 1 N–H and O–H groups in total. The van der Waals surface area contributed by atoms with Crippen molar-refractivity contribution in [3.63, 3.8) is 0 Å². The minimum Gasteiger partial charge on any atom is -0.389 e. The van der Waals surface area contributed by atoms with E-state index in [0.29, 0.717) is 11.6 Å². The minimum absolute atomic E-state index is 0.417. The normalized spacial score (nSPS) is 14.3. The van der Waals surface area contributed by atoms with E-state index < -0.39 is 6.10 Å². The number of aryl methyl sites for hydroxylation is 1. The molecule has 1 aliphatic heterocycles. The fraction of sp³-hybridized carbons (Fsp3) is 0.211. The lowest BCUT2D eigenvalue weighted by Gasteiger charge is -2.16. The summed E-state index contributed by atoms with van der Waals surface area (Å²) in [5, 5.41) is 19.1. The number of rotatable bonds is 2. The third-order valence-electron chi connectivity index (χ3n) is 4.40. The monoisotopic (exact) mass is 352 g/mol. The van der Waals surface area contributed by atoms with Crippen molar-refractivity contribution in [3.05, 3.63) is 75.8 Å². The summed E-state index contributed by atoms with van der Waals surface area (Å²) in [5.74, 6) is 1.59. The molecule has 1 aromatic heterocycles. The molecule has 1 aliphatic rings. The first-order valence-corrected chi connectivity index (χ1v) is 8.47. The molecule has 0 amide bonds. The summed E-state index contributed by atoms with van der Waals surface area (Å²) in [4.78, 5) is 4.78. The van der Waals surface area contributed by atoms with Crippen molar-refractivity contribution >= 4 is 17.3 Å². The smallest absolute Gasteiger partial charge is 0.159 e. The summed E-state index contributed by atoms with van der Waals surface area (Å²) in [5.41, 5.74) is 4.34. The van der Waals surface area contributed by atoms with E-state index in [1.165, 1.54) is 0 Å². The third kappa shape index (κ3) is 2.65. The van der Waals surface area contributed by atoms with Crippen molar-refractivity contribution in [2.45, 2.75) is 26.5 Å². The number of hydrogen-bond donors (Lipinski definition) is 1. The minimum atomic E-state index is -0.567. The standard InChI is InChI=1S/C19H17ClN4O/c1-11(25)13-7-8-17-15(9-13)19(14-5-3-4-6-16(14)20)21-10-18-23-22-12(2)24(17)18/h3-9,11,25H,10H2,1-2H3. The first-order valence-electron chi connectivity index (χ1n) is 8.09. The van der Waals surface area contributed by atoms with Crippen LogP contribution in [0.4, 0.5) is 0 Å². The molecule has 0 saturated heterocycles.